The lowest BCUT2D eigenvalue weighted by molar-refractivity contribution is 0.0216. The van der Waals surface area contributed by atoms with Crippen LogP contribution in [0.4, 0.5) is 0 Å². The second-order valence-electron chi connectivity index (χ2n) is 9.17. The summed E-state index contributed by atoms with van der Waals surface area (Å²) < 4.78 is 0. The first kappa shape index (κ1) is 19.9. The van der Waals surface area contributed by atoms with Gasteiger partial charge in [-0.1, -0.05) is 81.4 Å². The van der Waals surface area contributed by atoms with Crippen molar-refractivity contribution in [3.63, 3.8) is 0 Å². The summed E-state index contributed by atoms with van der Waals surface area (Å²) in [5.41, 5.74) is 3.80. The number of benzene rings is 2. The topological polar surface area (TPSA) is 23.5 Å². The molecule has 0 radical (unpaired) electrons. The van der Waals surface area contributed by atoms with E-state index in [1.54, 1.807) is 0 Å². The smallest absolute Gasteiger partial charge is 0.115 e. The molecular weight excluding hydrogens is 330 g/mol. The van der Waals surface area contributed by atoms with E-state index in [-0.39, 0.29) is 11.3 Å². The third kappa shape index (κ3) is 4.17. The molecule has 2 nitrogen and oxygen atoms in total. The minimum atomic E-state index is -0.906. The van der Waals surface area contributed by atoms with Crippen molar-refractivity contribution in [2.45, 2.75) is 44.6 Å². The van der Waals surface area contributed by atoms with Gasteiger partial charge in [-0.05, 0) is 54.6 Å². The molecule has 1 aliphatic carbocycles. The highest BCUT2D eigenvalue weighted by molar-refractivity contribution is 5.58. The lowest BCUT2D eigenvalue weighted by Gasteiger charge is -2.34. The van der Waals surface area contributed by atoms with Crippen LogP contribution in [0.5, 0.6) is 0 Å². The second kappa shape index (κ2) is 7.61. The first-order valence-corrected chi connectivity index (χ1v) is 9.95. The van der Waals surface area contributed by atoms with Gasteiger partial charge in [-0.15, -0.1) is 0 Å². The van der Waals surface area contributed by atoms with E-state index in [9.17, 15) is 5.11 Å². The molecule has 0 aromatic heterocycles. The van der Waals surface area contributed by atoms with Gasteiger partial charge in [-0.2, -0.15) is 0 Å². The van der Waals surface area contributed by atoms with Gasteiger partial charge in [0.05, 0.1) is 0 Å². The van der Waals surface area contributed by atoms with Crippen LogP contribution in [-0.4, -0.2) is 30.6 Å². The Hall–Kier alpha value is -1.90. The highest BCUT2D eigenvalue weighted by Gasteiger charge is 2.46. The van der Waals surface area contributed by atoms with Gasteiger partial charge in [0.1, 0.15) is 5.60 Å². The summed E-state index contributed by atoms with van der Waals surface area (Å²) in [7, 11) is 4.17. The van der Waals surface area contributed by atoms with Crippen molar-refractivity contribution in [1.82, 2.24) is 4.90 Å². The molecule has 1 fully saturated rings. The largest absolute Gasteiger partial charge is 0.380 e. The van der Waals surface area contributed by atoms with E-state index in [1.807, 2.05) is 6.07 Å². The third-order valence-electron chi connectivity index (χ3n) is 5.76. The van der Waals surface area contributed by atoms with Crippen molar-refractivity contribution in [2.75, 3.05) is 20.6 Å². The fourth-order valence-corrected chi connectivity index (χ4v) is 4.23. The average molecular weight is 364 g/mol. The molecule has 0 bridgehead atoms. The van der Waals surface area contributed by atoms with Crippen LogP contribution in [0, 0.1) is 5.92 Å². The van der Waals surface area contributed by atoms with E-state index in [0.717, 1.165) is 36.1 Å². The first-order valence-electron chi connectivity index (χ1n) is 9.95. The van der Waals surface area contributed by atoms with Crippen LogP contribution in [0.2, 0.25) is 0 Å². The summed E-state index contributed by atoms with van der Waals surface area (Å²) in [6.45, 7) is 7.55. The first-order chi connectivity index (χ1) is 12.7. The molecular formula is C25H33NO. The number of hydrogen-bond donors (Lipinski definition) is 1. The lowest BCUT2D eigenvalue weighted by Crippen LogP contribution is -2.38. The maximum absolute atomic E-state index is 12.0. The Balaban J connectivity index is 2.04. The van der Waals surface area contributed by atoms with Crippen molar-refractivity contribution < 1.29 is 5.11 Å². The number of rotatable bonds is 4. The molecule has 0 amide bonds. The molecule has 2 aromatic rings. The molecule has 2 heteroatoms. The van der Waals surface area contributed by atoms with E-state index in [1.165, 1.54) is 5.56 Å². The Morgan fingerprint density at radius 2 is 1.67 bits per heavy atom. The summed E-state index contributed by atoms with van der Waals surface area (Å²) in [5, 5.41) is 12.0. The Morgan fingerprint density at radius 3 is 2.22 bits per heavy atom. The van der Waals surface area contributed by atoms with Crippen LogP contribution in [0.15, 0.2) is 60.2 Å². The molecule has 2 atom stereocenters. The van der Waals surface area contributed by atoms with Gasteiger partial charge in [0.2, 0.25) is 0 Å². The molecule has 0 saturated heterocycles. The van der Waals surface area contributed by atoms with Crippen LogP contribution in [0.25, 0.3) is 6.08 Å². The van der Waals surface area contributed by atoms with Gasteiger partial charge < -0.3 is 10.0 Å². The molecule has 1 saturated carbocycles. The maximum atomic E-state index is 12.0. The van der Waals surface area contributed by atoms with Gasteiger partial charge in [-0.25, -0.2) is 0 Å². The molecule has 0 heterocycles. The molecule has 0 aliphatic heterocycles. The van der Waals surface area contributed by atoms with E-state index < -0.39 is 5.60 Å². The maximum Gasteiger partial charge on any atom is 0.115 e. The molecule has 2 unspecified atom stereocenters. The second-order valence-corrected chi connectivity index (χ2v) is 9.17. The predicted molar refractivity (Wildman–Crippen MR) is 115 cm³/mol. The highest BCUT2D eigenvalue weighted by atomic mass is 16.3. The molecule has 0 spiro atoms. The van der Waals surface area contributed by atoms with Gasteiger partial charge in [0.15, 0.2) is 0 Å². The van der Waals surface area contributed by atoms with Crippen LogP contribution >= 0.6 is 0 Å². The monoisotopic (exact) mass is 363 g/mol. The van der Waals surface area contributed by atoms with Crippen molar-refractivity contribution in [3.8, 4) is 0 Å². The highest BCUT2D eigenvalue weighted by Crippen LogP contribution is 2.48. The molecule has 27 heavy (non-hydrogen) atoms. The summed E-state index contributed by atoms with van der Waals surface area (Å²) in [6, 6.07) is 19.0. The normalized spacial score (nSPS) is 24.7. The van der Waals surface area contributed by atoms with Crippen molar-refractivity contribution >= 4 is 6.08 Å². The van der Waals surface area contributed by atoms with Gasteiger partial charge in [0.25, 0.3) is 0 Å². The molecule has 144 valence electrons. The number of aliphatic hydroxyl groups is 1. The summed E-state index contributed by atoms with van der Waals surface area (Å²) in [5.74, 6) is 0.197. The number of nitrogens with zero attached hydrogens (tertiary/aromatic N) is 1. The van der Waals surface area contributed by atoms with Crippen LogP contribution in [0.1, 0.15) is 50.3 Å². The van der Waals surface area contributed by atoms with Crippen LogP contribution in [0.3, 0.4) is 0 Å². The van der Waals surface area contributed by atoms with Crippen LogP contribution < -0.4 is 0 Å². The van der Waals surface area contributed by atoms with Crippen molar-refractivity contribution in [3.05, 3.63) is 76.9 Å². The van der Waals surface area contributed by atoms with Gasteiger partial charge >= 0.3 is 0 Å². The SMILES string of the molecule is CN(C)CC1CC/C(=C/c2ccccc2)C1(O)c1ccc(C(C)(C)C)cc1. The van der Waals surface area contributed by atoms with Gasteiger partial charge in [0, 0.05) is 12.5 Å². The Labute approximate surface area is 164 Å². The fraction of sp³-hybridized carbons (Fsp3) is 0.440. The zero-order valence-electron chi connectivity index (χ0n) is 17.4. The standard InChI is InChI=1S/C25H33NO/c1-24(2,3)20-11-13-21(14-12-20)25(27)22(15-16-23(25)18-26(4)5)17-19-9-7-6-8-10-19/h6-14,17,23,27H,15-16,18H2,1-5H3/b22-17-. The molecule has 1 N–H and O–H groups in total. The number of hydrogen-bond acceptors (Lipinski definition) is 2. The van der Waals surface area contributed by atoms with Crippen molar-refractivity contribution in [2.24, 2.45) is 5.92 Å². The Kier molecular flexibility index (Phi) is 5.60. The zero-order valence-corrected chi connectivity index (χ0v) is 17.4. The minimum Gasteiger partial charge on any atom is -0.380 e. The average Bonchev–Trinajstić information content (AvgIpc) is 2.92. The summed E-state index contributed by atoms with van der Waals surface area (Å²) in [6.07, 6.45) is 4.13. The quantitative estimate of drug-likeness (QED) is 0.804. The Morgan fingerprint density at radius 1 is 1.04 bits per heavy atom. The Bertz CT molecular complexity index is 783. The molecule has 2 aromatic carbocycles. The van der Waals surface area contributed by atoms with E-state index in [0.29, 0.717) is 0 Å². The van der Waals surface area contributed by atoms with Crippen LogP contribution in [-0.2, 0) is 11.0 Å². The predicted octanol–water partition coefficient (Wildman–Crippen LogP) is 5.23. The van der Waals surface area contributed by atoms with E-state index in [4.69, 9.17) is 0 Å². The molecule has 3 rings (SSSR count). The molecule has 1 aliphatic rings. The lowest BCUT2D eigenvalue weighted by atomic mass is 9.78. The van der Waals surface area contributed by atoms with E-state index in [2.05, 4.69) is 94.4 Å². The summed E-state index contributed by atoms with van der Waals surface area (Å²) >= 11 is 0. The minimum absolute atomic E-state index is 0.114. The fourth-order valence-electron chi connectivity index (χ4n) is 4.23. The third-order valence-corrected chi connectivity index (χ3v) is 5.76. The summed E-state index contributed by atoms with van der Waals surface area (Å²) in [4.78, 5) is 2.19. The van der Waals surface area contributed by atoms with E-state index >= 15 is 0 Å². The van der Waals surface area contributed by atoms with Gasteiger partial charge in [-0.3, -0.25) is 0 Å². The zero-order chi connectivity index (χ0) is 19.7. The van der Waals surface area contributed by atoms with Crippen molar-refractivity contribution in [1.29, 1.82) is 0 Å².